The third-order valence-corrected chi connectivity index (χ3v) is 2.19. The molecule has 0 spiro atoms. The summed E-state index contributed by atoms with van der Waals surface area (Å²) in [4.78, 5) is 14.7. The van der Waals surface area contributed by atoms with Crippen LogP contribution < -0.4 is 0 Å². The first kappa shape index (κ1) is 10.4. The lowest BCUT2D eigenvalue weighted by Gasteiger charge is -1.98. The lowest BCUT2D eigenvalue weighted by Crippen LogP contribution is -2.11. The third kappa shape index (κ3) is 2.08. The summed E-state index contributed by atoms with van der Waals surface area (Å²) < 4.78 is 1.45. The smallest absolute Gasteiger partial charge is 0.325 e. The largest absolute Gasteiger partial charge is 0.480 e. The van der Waals surface area contributed by atoms with Crippen LogP contribution in [-0.4, -0.2) is 25.8 Å². The average molecular weight is 217 g/mol. The van der Waals surface area contributed by atoms with Crippen LogP contribution in [0.25, 0.3) is 11.4 Å². The van der Waals surface area contributed by atoms with Crippen molar-refractivity contribution in [3.05, 3.63) is 36.2 Å². The van der Waals surface area contributed by atoms with Crippen molar-refractivity contribution in [2.75, 3.05) is 0 Å². The highest BCUT2D eigenvalue weighted by atomic mass is 16.4. The average Bonchev–Trinajstić information content (AvgIpc) is 2.61. The highest BCUT2D eigenvalue weighted by Gasteiger charge is 2.09. The van der Waals surface area contributed by atoms with E-state index in [-0.39, 0.29) is 6.54 Å². The second-order valence-electron chi connectivity index (χ2n) is 3.44. The summed E-state index contributed by atoms with van der Waals surface area (Å²) in [5.74, 6) is -0.904. The van der Waals surface area contributed by atoms with Gasteiger partial charge in [0.1, 0.15) is 12.2 Å². The Hall–Kier alpha value is -2.17. The molecule has 16 heavy (non-hydrogen) atoms. The standard InChI is InChI=1S/C11H11N3O2/c1-8-6-10(9-4-2-3-5-12-9)13-14(8)7-11(15)16/h2-6H,7H2,1H3,(H,15,16). The van der Waals surface area contributed by atoms with E-state index in [2.05, 4.69) is 10.1 Å². The second kappa shape index (κ2) is 4.14. The van der Waals surface area contributed by atoms with Crippen LogP contribution in [0, 0.1) is 6.92 Å². The molecule has 0 atom stereocenters. The van der Waals surface area contributed by atoms with Gasteiger partial charge in [-0.1, -0.05) is 6.07 Å². The Balaban J connectivity index is 2.34. The van der Waals surface area contributed by atoms with E-state index in [1.807, 2.05) is 31.2 Å². The number of aliphatic carboxylic acids is 1. The van der Waals surface area contributed by atoms with E-state index in [0.717, 1.165) is 11.4 Å². The molecule has 0 aliphatic rings. The monoisotopic (exact) mass is 217 g/mol. The van der Waals surface area contributed by atoms with Crippen LogP contribution in [0.2, 0.25) is 0 Å². The molecule has 0 radical (unpaired) electrons. The van der Waals surface area contributed by atoms with Gasteiger partial charge in [-0.3, -0.25) is 14.5 Å². The minimum absolute atomic E-state index is 0.126. The Kier molecular flexibility index (Phi) is 2.68. The molecule has 2 aromatic heterocycles. The second-order valence-corrected chi connectivity index (χ2v) is 3.44. The van der Waals surface area contributed by atoms with E-state index >= 15 is 0 Å². The van der Waals surface area contributed by atoms with Gasteiger partial charge in [-0.15, -0.1) is 0 Å². The molecule has 0 aromatic carbocycles. The normalized spacial score (nSPS) is 10.3. The Morgan fingerprint density at radius 1 is 1.44 bits per heavy atom. The van der Waals surface area contributed by atoms with Gasteiger partial charge < -0.3 is 5.11 Å². The third-order valence-electron chi connectivity index (χ3n) is 2.19. The number of rotatable bonds is 3. The van der Waals surface area contributed by atoms with Crippen LogP contribution >= 0.6 is 0 Å². The molecule has 0 amide bonds. The maximum Gasteiger partial charge on any atom is 0.325 e. The van der Waals surface area contributed by atoms with Crippen LogP contribution in [0.3, 0.4) is 0 Å². The van der Waals surface area contributed by atoms with E-state index in [1.165, 1.54) is 4.68 Å². The summed E-state index contributed by atoms with van der Waals surface area (Å²) in [7, 11) is 0. The summed E-state index contributed by atoms with van der Waals surface area (Å²) >= 11 is 0. The zero-order valence-electron chi connectivity index (χ0n) is 8.79. The van der Waals surface area contributed by atoms with E-state index in [9.17, 15) is 4.79 Å². The number of nitrogens with zero attached hydrogens (tertiary/aromatic N) is 3. The molecule has 82 valence electrons. The molecule has 5 heteroatoms. The molecular weight excluding hydrogens is 206 g/mol. The minimum Gasteiger partial charge on any atom is -0.480 e. The van der Waals surface area contributed by atoms with Gasteiger partial charge in [0.2, 0.25) is 0 Å². The van der Waals surface area contributed by atoms with Gasteiger partial charge in [0, 0.05) is 11.9 Å². The van der Waals surface area contributed by atoms with Crippen LogP contribution in [0.1, 0.15) is 5.69 Å². The van der Waals surface area contributed by atoms with Crippen LogP contribution in [0.15, 0.2) is 30.5 Å². The Bertz CT molecular complexity index is 505. The van der Waals surface area contributed by atoms with Gasteiger partial charge in [-0.2, -0.15) is 5.10 Å². The summed E-state index contributed by atoms with van der Waals surface area (Å²) in [6.45, 7) is 1.70. The van der Waals surface area contributed by atoms with Crippen molar-refractivity contribution in [3.8, 4) is 11.4 Å². The molecule has 2 rings (SSSR count). The first-order valence-electron chi connectivity index (χ1n) is 4.84. The topological polar surface area (TPSA) is 68.0 Å². The molecule has 2 heterocycles. The fourth-order valence-electron chi connectivity index (χ4n) is 1.44. The fraction of sp³-hybridized carbons (Fsp3) is 0.182. The number of aryl methyl sites for hydroxylation is 1. The SMILES string of the molecule is Cc1cc(-c2ccccn2)nn1CC(=O)O. The molecule has 0 saturated heterocycles. The molecule has 0 aliphatic heterocycles. The van der Waals surface area contributed by atoms with Gasteiger partial charge in [0.25, 0.3) is 0 Å². The Labute approximate surface area is 92.4 Å². The number of hydrogen-bond acceptors (Lipinski definition) is 3. The summed E-state index contributed by atoms with van der Waals surface area (Å²) in [6.07, 6.45) is 1.68. The number of pyridine rings is 1. The van der Waals surface area contributed by atoms with Crippen molar-refractivity contribution >= 4 is 5.97 Å². The Morgan fingerprint density at radius 2 is 2.25 bits per heavy atom. The van der Waals surface area contributed by atoms with Crippen LogP contribution in [0.4, 0.5) is 0 Å². The molecule has 0 aliphatic carbocycles. The highest BCUT2D eigenvalue weighted by Crippen LogP contribution is 2.15. The highest BCUT2D eigenvalue weighted by molar-refractivity contribution is 5.66. The summed E-state index contributed by atoms with van der Waals surface area (Å²) in [5, 5.41) is 12.9. The first-order valence-corrected chi connectivity index (χ1v) is 4.84. The van der Waals surface area contributed by atoms with E-state index in [0.29, 0.717) is 5.69 Å². The van der Waals surface area contributed by atoms with Crippen molar-refractivity contribution in [3.63, 3.8) is 0 Å². The number of carbonyl (C=O) groups is 1. The number of hydrogen-bond donors (Lipinski definition) is 1. The Morgan fingerprint density at radius 3 is 2.88 bits per heavy atom. The van der Waals surface area contributed by atoms with Crippen molar-refractivity contribution in [2.45, 2.75) is 13.5 Å². The molecule has 0 fully saturated rings. The molecule has 1 N–H and O–H groups in total. The zero-order valence-corrected chi connectivity index (χ0v) is 8.79. The predicted molar refractivity (Wildman–Crippen MR) is 57.8 cm³/mol. The van der Waals surface area contributed by atoms with Crippen molar-refractivity contribution in [1.29, 1.82) is 0 Å². The van der Waals surface area contributed by atoms with Crippen LogP contribution in [-0.2, 0) is 11.3 Å². The first-order chi connectivity index (χ1) is 7.66. The van der Waals surface area contributed by atoms with Crippen LogP contribution in [0.5, 0.6) is 0 Å². The lowest BCUT2D eigenvalue weighted by molar-refractivity contribution is -0.137. The number of carboxylic acid groups (broad SMARTS) is 1. The molecule has 0 saturated carbocycles. The van der Waals surface area contributed by atoms with E-state index in [4.69, 9.17) is 5.11 Å². The molecular formula is C11H11N3O2. The van der Waals surface area contributed by atoms with E-state index in [1.54, 1.807) is 6.20 Å². The summed E-state index contributed by atoms with van der Waals surface area (Å²) in [6, 6.07) is 7.36. The van der Waals surface area contributed by atoms with Gasteiger partial charge in [-0.25, -0.2) is 0 Å². The number of carboxylic acids is 1. The zero-order chi connectivity index (χ0) is 11.5. The van der Waals surface area contributed by atoms with E-state index < -0.39 is 5.97 Å². The summed E-state index contributed by atoms with van der Waals surface area (Å²) in [5.41, 5.74) is 2.25. The van der Waals surface area contributed by atoms with Crippen molar-refractivity contribution in [1.82, 2.24) is 14.8 Å². The van der Waals surface area contributed by atoms with Gasteiger partial charge in [0.15, 0.2) is 0 Å². The quantitative estimate of drug-likeness (QED) is 0.842. The van der Waals surface area contributed by atoms with Gasteiger partial charge in [0.05, 0.1) is 5.69 Å². The fourth-order valence-corrected chi connectivity index (χ4v) is 1.44. The van der Waals surface area contributed by atoms with Gasteiger partial charge in [-0.05, 0) is 25.1 Å². The molecule has 2 aromatic rings. The van der Waals surface area contributed by atoms with Gasteiger partial charge >= 0.3 is 5.97 Å². The minimum atomic E-state index is -0.904. The maximum absolute atomic E-state index is 10.6. The molecule has 0 bridgehead atoms. The number of aromatic nitrogens is 3. The van der Waals surface area contributed by atoms with Crippen molar-refractivity contribution < 1.29 is 9.90 Å². The predicted octanol–water partition coefficient (Wildman–Crippen LogP) is 1.34. The molecule has 5 nitrogen and oxygen atoms in total. The maximum atomic E-state index is 10.6. The van der Waals surface area contributed by atoms with Crippen molar-refractivity contribution in [2.24, 2.45) is 0 Å². The lowest BCUT2D eigenvalue weighted by atomic mass is 10.2. The molecule has 0 unspecified atom stereocenters.